The summed E-state index contributed by atoms with van der Waals surface area (Å²) in [5.41, 5.74) is 0. The SMILES string of the molecule is C[N]C(C)c1nccs1. The van der Waals surface area contributed by atoms with Crippen molar-refractivity contribution < 1.29 is 0 Å². The zero-order valence-electron chi connectivity index (χ0n) is 5.53. The van der Waals surface area contributed by atoms with E-state index in [4.69, 9.17) is 0 Å². The number of thiazole rings is 1. The average molecular weight is 141 g/mol. The van der Waals surface area contributed by atoms with Gasteiger partial charge in [0.05, 0.1) is 6.04 Å². The van der Waals surface area contributed by atoms with E-state index in [1.165, 1.54) is 0 Å². The minimum Gasteiger partial charge on any atom is -0.248 e. The largest absolute Gasteiger partial charge is 0.248 e. The molecule has 0 saturated carbocycles. The fraction of sp³-hybridized carbons (Fsp3) is 0.500. The van der Waals surface area contributed by atoms with Gasteiger partial charge in [-0.15, -0.1) is 11.3 Å². The lowest BCUT2D eigenvalue weighted by Gasteiger charge is -2.00. The summed E-state index contributed by atoms with van der Waals surface area (Å²) in [5, 5.41) is 7.14. The van der Waals surface area contributed by atoms with Gasteiger partial charge in [-0.05, 0) is 6.92 Å². The molecule has 1 aromatic rings. The second-order valence-electron chi connectivity index (χ2n) is 1.80. The van der Waals surface area contributed by atoms with Gasteiger partial charge in [0.25, 0.3) is 0 Å². The van der Waals surface area contributed by atoms with E-state index in [1.54, 1.807) is 11.3 Å². The minimum absolute atomic E-state index is 0.269. The van der Waals surface area contributed by atoms with Gasteiger partial charge in [-0.2, -0.15) is 0 Å². The molecule has 1 unspecified atom stereocenters. The van der Waals surface area contributed by atoms with Crippen molar-refractivity contribution in [2.75, 3.05) is 7.05 Å². The predicted octanol–water partition coefficient (Wildman–Crippen LogP) is 1.44. The summed E-state index contributed by atoms with van der Waals surface area (Å²) in [4.78, 5) is 4.11. The monoisotopic (exact) mass is 141 g/mol. The summed E-state index contributed by atoms with van der Waals surface area (Å²) in [6.07, 6.45) is 1.81. The van der Waals surface area contributed by atoms with Crippen molar-refractivity contribution >= 4 is 11.3 Å². The van der Waals surface area contributed by atoms with Gasteiger partial charge < -0.3 is 0 Å². The van der Waals surface area contributed by atoms with Crippen molar-refractivity contribution in [3.63, 3.8) is 0 Å². The van der Waals surface area contributed by atoms with Crippen LogP contribution in [0.5, 0.6) is 0 Å². The molecule has 49 valence electrons. The maximum absolute atomic E-state index is 4.11. The summed E-state index contributed by atoms with van der Waals surface area (Å²) >= 11 is 1.65. The Labute approximate surface area is 58.9 Å². The Morgan fingerprint density at radius 2 is 2.56 bits per heavy atom. The average Bonchev–Trinajstić information content (AvgIpc) is 2.37. The topological polar surface area (TPSA) is 27.0 Å². The lowest BCUT2D eigenvalue weighted by molar-refractivity contribution is 0.634. The maximum Gasteiger partial charge on any atom is 0.111 e. The molecule has 0 saturated heterocycles. The Morgan fingerprint density at radius 1 is 1.78 bits per heavy atom. The van der Waals surface area contributed by atoms with Gasteiger partial charge in [-0.25, -0.2) is 10.3 Å². The quantitative estimate of drug-likeness (QED) is 0.612. The van der Waals surface area contributed by atoms with E-state index in [-0.39, 0.29) is 6.04 Å². The maximum atomic E-state index is 4.11. The molecular weight excluding hydrogens is 132 g/mol. The Morgan fingerprint density at radius 3 is 3.00 bits per heavy atom. The van der Waals surface area contributed by atoms with Crippen LogP contribution in [0.4, 0.5) is 0 Å². The van der Waals surface area contributed by atoms with E-state index in [1.807, 2.05) is 25.5 Å². The number of hydrogen-bond acceptors (Lipinski definition) is 2. The summed E-state index contributed by atoms with van der Waals surface area (Å²) in [5.74, 6) is 0. The summed E-state index contributed by atoms with van der Waals surface area (Å²) in [6.45, 7) is 2.04. The van der Waals surface area contributed by atoms with E-state index in [9.17, 15) is 0 Å². The highest BCUT2D eigenvalue weighted by Crippen LogP contribution is 2.14. The van der Waals surface area contributed by atoms with E-state index in [2.05, 4.69) is 10.3 Å². The molecule has 0 aromatic carbocycles. The van der Waals surface area contributed by atoms with Gasteiger partial charge >= 0.3 is 0 Å². The molecule has 0 fully saturated rings. The number of nitrogens with zero attached hydrogens (tertiary/aromatic N) is 2. The third-order valence-electron chi connectivity index (χ3n) is 1.20. The second-order valence-corrected chi connectivity index (χ2v) is 2.73. The highest BCUT2D eigenvalue weighted by Gasteiger charge is 2.03. The Kier molecular flexibility index (Phi) is 2.19. The molecule has 0 amide bonds. The molecule has 3 heteroatoms. The second kappa shape index (κ2) is 2.94. The van der Waals surface area contributed by atoms with Crippen LogP contribution < -0.4 is 5.32 Å². The van der Waals surface area contributed by atoms with Crippen LogP contribution in [0.3, 0.4) is 0 Å². The normalized spacial score (nSPS) is 13.6. The molecule has 2 nitrogen and oxygen atoms in total. The first-order valence-corrected chi connectivity index (χ1v) is 3.71. The molecule has 0 aliphatic heterocycles. The molecule has 1 radical (unpaired) electrons. The van der Waals surface area contributed by atoms with Gasteiger partial charge in [0.1, 0.15) is 5.01 Å². The van der Waals surface area contributed by atoms with Crippen LogP contribution in [0.1, 0.15) is 18.0 Å². The molecule has 0 bridgehead atoms. The molecule has 0 aliphatic rings. The Balaban J connectivity index is 2.65. The van der Waals surface area contributed by atoms with Gasteiger partial charge in [0.2, 0.25) is 0 Å². The van der Waals surface area contributed by atoms with Crippen molar-refractivity contribution in [1.82, 2.24) is 10.3 Å². The van der Waals surface area contributed by atoms with Crippen LogP contribution in [0.2, 0.25) is 0 Å². The molecule has 1 atom stereocenters. The highest BCUT2D eigenvalue weighted by atomic mass is 32.1. The highest BCUT2D eigenvalue weighted by molar-refractivity contribution is 7.09. The van der Waals surface area contributed by atoms with Crippen molar-refractivity contribution in [2.45, 2.75) is 13.0 Å². The summed E-state index contributed by atoms with van der Waals surface area (Å²) < 4.78 is 0. The lowest BCUT2D eigenvalue weighted by Crippen LogP contribution is -2.03. The van der Waals surface area contributed by atoms with Gasteiger partial charge in [0.15, 0.2) is 0 Å². The van der Waals surface area contributed by atoms with Gasteiger partial charge in [0, 0.05) is 18.6 Å². The summed E-state index contributed by atoms with van der Waals surface area (Å²) in [6, 6.07) is 0.269. The third-order valence-corrected chi connectivity index (χ3v) is 2.14. The van der Waals surface area contributed by atoms with E-state index >= 15 is 0 Å². The third kappa shape index (κ3) is 1.50. The molecule has 1 rings (SSSR count). The standard InChI is InChI=1S/C6H9N2S/c1-5(7-2)6-8-3-4-9-6/h3-5H,1-2H3. The smallest absolute Gasteiger partial charge is 0.111 e. The minimum atomic E-state index is 0.269. The van der Waals surface area contributed by atoms with Crippen LogP contribution in [0.25, 0.3) is 0 Å². The first kappa shape index (κ1) is 6.71. The van der Waals surface area contributed by atoms with E-state index in [0.717, 1.165) is 5.01 Å². The zero-order valence-corrected chi connectivity index (χ0v) is 6.35. The molecule has 0 N–H and O–H groups in total. The van der Waals surface area contributed by atoms with Crippen molar-refractivity contribution in [3.05, 3.63) is 16.6 Å². The van der Waals surface area contributed by atoms with Gasteiger partial charge in [-0.1, -0.05) is 0 Å². The van der Waals surface area contributed by atoms with Crippen LogP contribution in [-0.2, 0) is 0 Å². The van der Waals surface area contributed by atoms with Crippen LogP contribution >= 0.6 is 11.3 Å². The van der Waals surface area contributed by atoms with Crippen LogP contribution in [0, 0.1) is 0 Å². The van der Waals surface area contributed by atoms with Crippen molar-refractivity contribution in [2.24, 2.45) is 0 Å². The van der Waals surface area contributed by atoms with Crippen molar-refractivity contribution in [1.29, 1.82) is 0 Å². The fourth-order valence-electron chi connectivity index (χ4n) is 0.551. The van der Waals surface area contributed by atoms with E-state index in [0.29, 0.717) is 0 Å². The summed E-state index contributed by atoms with van der Waals surface area (Å²) in [7, 11) is 1.81. The van der Waals surface area contributed by atoms with Crippen LogP contribution in [0.15, 0.2) is 11.6 Å². The molecule has 9 heavy (non-hydrogen) atoms. The molecule has 1 aromatic heterocycles. The van der Waals surface area contributed by atoms with Gasteiger partial charge in [-0.3, -0.25) is 0 Å². The first-order valence-electron chi connectivity index (χ1n) is 2.83. The zero-order chi connectivity index (χ0) is 6.69. The Bertz CT molecular complexity index is 160. The van der Waals surface area contributed by atoms with Crippen LogP contribution in [-0.4, -0.2) is 12.0 Å². The fourth-order valence-corrected chi connectivity index (χ4v) is 1.24. The molecule has 1 heterocycles. The number of rotatable bonds is 2. The van der Waals surface area contributed by atoms with E-state index < -0.39 is 0 Å². The van der Waals surface area contributed by atoms with Crippen molar-refractivity contribution in [3.8, 4) is 0 Å². The molecule has 0 spiro atoms. The first-order chi connectivity index (χ1) is 4.34. The molecular formula is C6H9N2S. The number of aromatic nitrogens is 1. The predicted molar refractivity (Wildman–Crippen MR) is 38.6 cm³/mol. The molecule has 0 aliphatic carbocycles. The Hall–Kier alpha value is -0.410. The lowest BCUT2D eigenvalue weighted by atomic mass is 10.4. The number of hydrogen-bond donors (Lipinski definition) is 0.